The number of carbonyl (C=O) groups is 1. The molecule has 6 heteroatoms. The Kier molecular flexibility index (Phi) is 6.42. The van der Waals surface area contributed by atoms with Crippen LogP contribution in [-0.4, -0.2) is 48.1 Å². The van der Waals surface area contributed by atoms with Gasteiger partial charge < -0.3 is 15.7 Å². The number of likely N-dealkylation sites (N-methyl/N-ethyl adjacent to an activating group) is 1. The zero-order valence-corrected chi connectivity index (χ0v) is 15.5. The molecule has 0 saturated carbocycles. The van der Waals surface area contributed by atoms with Crippen LogP contribution in [-0.2, 0) is 17.8 Å². The number of rotatable bonds is 7. The Morgan fingerprint density at radius 1 is 1.19 bits per heavy atom. The van der Waals surface area contributed by atoms with Crippen molar-refractivity contribution in [3.8, 4) is 5.75 Å². The number of halogens is 1. The number of carbonyl (C=O) groups excluding carboxylic acids is 1. The Bertz CT molecular complexity index is 749. The van der Waals surface area contributed by atoms with Gasteiger partial charge in [0.1, 0.15) is 11.6 Å². The highest BCUT2D eigenvalue weighted by Crippen LogP contribution is 2.15. The topological polar surface area (TPSA) is 64.6 Å². The van der Waals surface area contributed by atoms with Crippen LogP contribution < -0.4 is 10.6 Å². The van der Waals surface area contributed by atoms with Crippen LogP contribution in [0.25, 0.3) is 0 Å². The first-order chi connectivity index (χ1) is 13.0. The SMILES string of the molecule is CN[C@@H](Cc1ccc(O)cc1)C(=O)NC1CCN(Cc2ccc(F)cc2)C1. The highest BCUT2D eigenvalue weighted by molar-refractivity contribution is 5.82. The smallest absolute Gasteiger partial charge is 0.237 e. The summed E-state index contributed by atoms with van der Waals surface area (Å²) in [5.74, 6) is -0.0207. The predicted molar refractivity (Wildman–Crippen MR) is 103 cm³/mol. The first kappa shape index (κ1) is 19.3. The maximum Gasteiger partial charge on any atom is 0.237 e. The number of hydrogen-bond acceptors (Lipinski definition) is 4. The molecule has 5 nitrogen and oxygen atoms in total. The lowest BCUT2D eigenvalue weighted by atomic mass is 10.0. The van der Waals surface area contributed by atoms with Crippen LogP contribution in [0.3, 0.4) is 0 Å². The minimum atomic E-state index is -0.319. The third kappa shape index (κ3) is 5.52. The number of likely N-dealkylation sites (tertiary alicyclic amines) is 1. The first-order valence-electron chi connectivity index (χ1n) is 9.26. The Morgan fingerprint density at radius 2 is 1.85 bits per heavy atom. The van der Waals surface area contributed by atoms with Gasteiger partial charge in [-0.1, -0.05) is 24.3 Å². The van der Waals surface area contributed by atoms with E-state index in [2.05, 4.69) is 15.5 Å². The van der Waals surface area contributed by atoms with Gasteiger partial charge >= 0.3 is 0 Å². The van der Waals surface area contributed by atoms with Crippen LogP contribution in [0.2, 0.25) is 0 Å². The second-order valence-corrected chi connectivity index (χ2v) is 7.07. The molecule has 0 aromatic heterocycles. The molecule has 2 aromatic carbocycles. The van der Waals surface area contributed by atoms with Crippen molar-refractivity contribution in [3.63, 3.8) is 0 Å². The maximum absolute atomic E-state index is 13.0. The maximum atomic E-state index is 13.0. The first-order valence-corrected chi connectivity index (χ1v) is 9.26. The monoisotopic (exact) mass is 371 g/mol. The Balaban J connectivity index is 1.49. The number of hydrogen-bond donors (Lipinski definition) is 3. The highest BCUT2D eigenvalue weighted by atomic mass is 19.1. The van der Waals surface area contributed by atoms with Crippen molar-refractivity contribution in [3.05, 3.63) is 65.5 Å². The molecule has 1 aliphatic rings. The number of phenolic OH excluding ortho intramolecular Hbond substituents is 1. The average molecular weight is 371 g/mol. The minimum absolute atomic E-state index is 0.0146. The van der Waals surface area contributed by atoms with Crippen molar-refractivity contribution in [1.82, 2.24) is 15.5 Å². The molecular weight excluding hydrogens is 345 g/mol. The molecule has 0 radical (unpaired) electrons. The van der Waals surface area contributed by atoms with Crippen LogP contribution in [0.5, 0.6) is 5.75 Å². The van der Waals surface area contributed by atoms with E-state index in [-0.39, 0.29) is 29.6 Å². The van der Waals surface area contributed by atoms with Crippen molar-refractivity contribution in [2.24, 2.45) is 0 Å². The molecule has 1 fully saturated rings. The number of nitrogens with zero attached hydrogens (tertiary/aromatic N) is 1. The molecule has 0 spiro atoms. The summed E-state index contributed by atoms with van der Waals surface area (Å²) in [5.41, 5.74) is 2.07. The van der Waals surface area contributed by atoms with Gasteiger partial charge in [0.2, 0.25) is 5.91 Å². The van der Waals surface area contributed by atoms with Crippen molar-refractivity contribution in [1.29, 1.82) is 0 Å². The lowest BCUT2D eigenvalue weighted by molar-refractivity contribution is -0.123. The summed E-state index contributed by atoms with van der Waals surface area (Å²) in [7, 11) is 1.78. The third-order valence-corrected chi connectivity index (χ3v) is 4.98. The van der Waals surface area contributed by atoms with Crippen LogP contribution in [0.1, 0.15) is 17.5 Å². The summed E-state index contributed by atoms with van der Waals surface area (Å²) in [4.78, 5) is 14.9. The zero-order valence-electron chi connectivity index (χ0n) is 15.5. The number of phenols is 1. The van der Waals surface area contributed by atoms with Gasteiger partial charge in [-0.05, 0) is 55.3 Å². The number of aromatic hydroxyl groups is 1. The lowest BCUT2D eigenvalue weighted by Gasteiger charge is -2.20. The molecule has 2 atom stereocenters. The van der Waals surface area contributed by atoms with Crippen molar-refractivity contribution >= 4 is 5.91 Å². The van der Waals surface area contributed by atoms with Crippen molar-refractivity contribution < 1.29 is 14.3 Å². The van der Waals surface area contributed by atoms with Gasteiger partial charge in [0.25, 0.3) is 0 Å². The zero-order chi connectivity index (χ0) is 19.2. The van der Waals surface area contributed by atoms with E-state index in [0.29, 0.717) is 6.42 Å². The quantitative estimate of drug-likeness (QED) is 0.697. The minimum Gasteiger partial charge on any atom is -0.508 e. The van der Waals surface area contributed by atoms with Gasteiger partial charge in [-0.3, -0.25) is 9.69 Å². The van der Waals surface area contributed by atoms with Gasteiger partial charge in [-0.25, -0.2) is 4.39 Å². The van der Waals surface area contributed by atoms with E-state index < -0.39 is 0 Å². The average Bonchev–Trinajstić information content (AvgIpc) is 3.10. The number of benzene rings is 2. The van der Waals surface area contributed by atoms with E-state index >= 15 is 0 Å². The molecule has 1 amide bonds. The van der Waals surface area contributed by atoms with Crippen LogP contribution in [0.15, 0.2) is 48.5 Å². The van der Waals surface area contributed by atoms with E-state index in [1.165, 1.54) is 12.1 Å². The second kappa shape index (κ2) is 8.97. The normalized spacial score (nSPS) is 18.4. The Labute approximate surface area is 159 Å². The molecule has 0 bridgehead atoms. The molecule has 1 saturated heterocycles. The van der Waals surface area contributed by atoms with E-state index in [1.54, 1.807) is 31.3 Å². The van der Waals surface area contributed by atoms with Gasteiger partial charge in [0.15, 0.2) is 0 Å². The fraction of sp³-hybridized carbons (Fsp3) is 0.381. The van der Waals surface area contributed by atoms with Gasteiger partial charge in [0.05, 0.1) is 6.04 Å². The third-order valence-electron chi connectivity index (χ3n) is 4.98. The van der Waals surface area contributed by atoms with Crippen molar-refractivity contribution in [2.75, 3.05) is 20.1 Å². The summed E-state index contributed by atoms with van der Waals surface area (Å²) in [6.45, 7) is 2.46. The summed E-state index contributed by atoms with van der Waals surface area (Å²) in [6, 6.07) is 13.3. The number of amides is 1. The molecular formula is C21H26FN3O2. The molecule has 0 aliphatic carbocycles. The van der Waals surface area contributed by atoms with Gasteiger partial charge in [-0.2, -0.15) is 0 Å². The van der Waals surface area contributed by atoms with Crippen LogP contribution >= 0.6 is 0 Å². The molecule has 1 heterocycles. The number of nitrogens with one attached hydrogen (secondary N) is 2. The van der Waals surface area contributed by atoms with E-state index in [0.717, 1.165) is 37.2 Å². The van der Waals surface area contributed by atoms with Crippen LogP contribution in [0.4, 0.5) is 4.39 Å². The Hall–Kier alpha value is -2.44. The molecule has 3 rings (SSSR count). The fourth-order valence-electron chi connectivity index (χ4n) is 3.44. The van der Waals surface area contributed by atoms with Gasteiger partial charge in [0, 0.05) is 25.7 Å². The summed E-state index contributed by atoms with van der Waals surface area (Å²) in [5, 5.41) is 15.6. The molecule has 2 aromatic rings. The molecule has 27 heavy (non-hydrogen) atoms. The molecule has 1 aliphatic heterocycles. The summed E-state index contributed by atoms with van der Waals surface area (Å²) in [6.07, 6.45) is 1.47. The summed E-state index contributed by atoms with van der Waals surface area (Å²) < 4.78 is 13.0. The van der Waals surface area contributed by atoms with Gasteiger partial charge in [-0.15, -0.1) is 0 Å². The highest BCUT2D eigenvalue weighted by Gasteiger charge is 2.26. The molecule has 144 valence electrons. The molecule has 1 unspecified atom stereocenters. The fourth-order valence-corrected chi connectivity index (χ4v) is 3.44. The van der Waals surface area contributed by atoms with Crippen LogP contribution in [0, 0.1) is 5.82 Å². The second-order valence-electron chi connectivity index (χ2n) is 7.07. The predicted octanol–water partition coefficient (Wildman–Crippen LogP) is 2.05. The van der Waals surface area contributed by atoms with E-state index in [1.807, 2.05) is 12.1 Å². The standard InChI is InChI=1S/C21H26FN3O2/c1-23-20(12-15-4-8-19(26)9-5-15)21(27)24-18-10-11-25(14-18)13-16-2-6-17(22)7-3-16/h2-9,18,20,23,26H,10-14H2,1H3,(H,24,27)/t18?,20-/m0/s1. The largest absolute Gasteiger partial charge is 0.508 e. The summed E-state index contributed by atoms with van der Waals surface area (Å²) >= 11 is 0. The molecule has 3 N–H and O–H groups in total. The lowest BCUT2D eigenvalue weighted by Crippen LogP contribution is -2.48. The van der Waals surface area contributed by atoms with E-state index in [9.17, 15) is 14.3 Å². The Morgan fingerprint density at radius 3 is 2.52 bits per heavy atom. The van der Waals surface area contributed by atoms with Crippen molar-refractivity contribution in [2.45, 2.75) is 31.5 Å². The van der Waals surface area contributed by atoms with E-state index in [4.69, 9.17) is 0 Å².